The molecule has 128 valence electrons. The lowest BCUT2D eigenvalue weighted by atomic mass is 10.2. The highest BCUT2D eigenvalue weighted by molar-refractivity contribution is 5.92. The lowest BCUT2D eigenvalue weighted by molar-refractivity contribution is -0.137. The Bertz CT molecular complexity index is 721. The number of ether oxygens (including phenoxy) is 1. The zero-order chi connectivity index (χ0) is 17.2. The lowest BCUT2D eigenvalue weighted by Crippen LogP contribution is -2.28. The topological polar surface area (TPSA) is 47.4 Å². The summed E-state index contributed by atoms with van der Waals surface area (Å²) in [7, 11) is 0. The molecule has 1 aliphatic heterocycles. The van der Waals surface area contributed by atoms with Crippen molar-refractivity contribution in [2.75, 3.05) is 13.1 Å². The first kappa shape index (κ1) is 16.4. The SMILES string of the molecule is O=C(c1ccn(COc2cccc(C(F)(F)F)c2)n1)N1CCCC1. The maximum absolute atomic E-state index is 12.7. The van der Waals surface area contributed by atoms with Gasteiger partial charge in [0, 0.05) is 19.3 Å². The van der Waals surface area contributed by atoms with Gasteiger partial charge < -0.3 is 9.64 Å². The number of alkyl halides is 3. The molecule has 1 aliphatic rings. The van der Waals surface area contributed by atoms with E-state index < -0.39 is 11.7 Å². The van der Waals surface area contributed by atoms with E-state index in [-0.39, 0.29) is 18.4 Å². The quantitative estimate of drug-likeness (QED) is 0.860. The van der Waals surface area contributed by atoms with Crippen LogP contribution in [0.25, 0.3) is 0 Å². The number of hydrogen-bond acceptors (Lipinski definition) is 3. The van der Waals surface area contributed by atoms with Crippen LogP contribution in [0.15, 0.2) is 36.5 Å². The fourth-order valence-corrected chi connectivity index (χ4v) is 2.53. The average Bonchev–Trinajstić information content (AvgIpc) is 3.23. The Balaban J connectivity index is 1.62. The molecule has 2 aromatic rings. The lowest BCUT2D eigenvalue weighted by Gasteiger charge is -2.13. The van der Waals surface area contributed by atoms with Crippen LogP contribution < -0.4 is 4.74 Å². The van der Waals surface area contributed by atoms with Gasteiger partial charge in [-0.2, -0.15) is 18.3 Å². The number of rotatable bonds is 4. The van der Waals surface area contributed by atoms with Crippen molar-refractivity contribution in [3.05, 3.63) is 47.8 Å². The molecule has 8 heteroatoms. The summed E-state index contributed by atoms with van der Waals surface area (Å²) in [6.07, 6.45) is -0.868. The first-order valence-corrected chi connectivity index (χ1v) is 7.56. The van der Waals surface area contributed by atoms with Gasteiger partial charge in [-0.25, -0.2) is 4.68 Å². The van der Waals surface area contributed by atoms with E-state index in [1.165, 1.54) is 16.8 Å². The fraction of sp³-hybridized carbons (Fsp3) is 0.375. The molecule has 1 aromatic heterocycles. The molecule has 0 aliphatic carbocycles. The van der Waals surface area contributed by atoms with E-state index in [1.807, 2.05) is 0 Å². The van der Waals surface area contributed by atoms with Gasteiger partial charge in [0.1, 0.15) is 5.75 Å². The van der Waals surface area contributed by atoms with Gasteiger partial charge in [0.2, 0.25) is 0 Å². The zero-order valence-electron chi connectivity index (χ0n) is 12.8. The molecule has 0 radical (unpaired) electrons. The standard InChI is InChI=1S/C16H16F3N3O2/c17-16(18,19)12-4-3-5-13(10-12)24-11-22-9-6-14(20-22)15(23)21-7-1-2-8-21/h3-6,9-10H,1-2,7-8,11H2. The van der Waals surface area contributed by atoms with Gasteiger partial charge in [0.05, 0.1) is 5.56 Å². The molecule has 5 nitrogen and oxygen atoms in total. The molecular weight excluding hydrogens is 323 g/mol. The molecule has 0 unspecified atom stereocenters. The van der Waals surface area contributed by atoms with Crippen LogP contribution in [0.5, 0.6) is 5.75 Å². The summed E-state index contributed by atoms with van der Waals surface area (Å²) in [6, 6.07) is 6.21. The van der Waals surface area contributed by atoms with Gasteiger partial charge in [-0.05, 0) is 37.1 Å². The number of carbonyl (C=O) groups is 1. The summed E-state index contributed by atoms with van der Waals surface area (Å²) in [5.74, 6) is -0.0435. The Labute approximate surface area is 136 Å². The Morgan fingerprint density at radius 3 is 2.67 bits per heavy atom. The third-order valence-corrected chi connectivity index (χ3v) is 3.78. The van der Waals surface area contributed by atoms with Gasteiger partial charge >= 0.3 is 6.18 Å². The predicted octanol–water partition coefficient (Wildman–Crippen LogP) is 3.17. The third kappa shape index (κ3) is 3.69. The molecule has 1 fully saturated rings. The number of likely N-dealkylation sites (tertiary alicyclic amines) is 1. The molecule has 2 heterocycles. The minimum absolute atomic E-state index is 0.0748. The van der Waals surface area contributed by atoms with Crippen molar-refractivity contribution in [2.45, 2.75) is 25.7 Å². The van der Waals surface area contributed by atoms with Crippen LogP contribution in [0.3, 0.4) is 0 Å². The first-order valence-electron chi connectivity index (χ1n) is 7.56. The molecule has 0 atom stereocenters. The number of carbonyl (C=O) groups excluding carboxylic acids is 1. The second-order valence-electron chi connectivity index (χ2n) is 5.54. The van der Waals surface area contributed by atoms with Crippen LogP contribution >= 0.6 is 0 Å². The van der Waals surface area contributed by atoms with Crippen molar-refractivity contribution < 1.29 is 22.7 Å². The Hall–Kier alpha value is -2.51. The highest BCUT2D eigenvalue weighted by Gasteiger charge is 2.30. The minimum Gasteiger partial charge on any atom is -0.471 e. The molecule has 3 rings (SSSR count). The molecule has 0 N–H and O–H groups in total. The van der Waals surface area contributed by atoms with Crippen LogP contribution in [-0.2, 0) is 12.9 Å². The molecule has 0 saturated carbocycles. The van der Waals surface area contributed by atoms with Gasteiger partial charge in [-0.3, -0.25) is 4.79 Å². The van der Waals surface area contributed by atoms with Crippen LogP contribution in [0, 0.1) is 0 Å². The number of amides is 1. The Kier molecular flexibility index (Phi) is 4.46. The molecule has 0 bridgehead atoms. The van der Waals surface area contributed by atoms with Gasteiger partial charge in [-0.1, -0.05) is 6.07 Å². The van der Waals surface area contributed by atoms with Crippen LogP contribution in [0.1, 0.15) is 28.9 Å². The van der Waals surface area contributed by atoms with E-state index in [9.17, 15) is 18.0 Å². The van der Waals surface area contributed by atoms with Crippen molar-refractivity contribution in [3.8, 4) is 5.75 Å². The van der Waals surface area contributed by atoms with E-state index >= 15 is 0 Å². The van der Waals surface area contributed by atoms with Gasteiger partial charge in [0.15, 0.2) is 12.4 Å². The van der Waals surface area contributed by atoms with Crippen molar-refractivity contribution >= 4 is 5.91 Å². The van der Waals surface area contributed by atoms with E-state index in [2.05, 4.69) is 5.10 Å². The Morgan fingerprint density at radius 2 is 1.96 bits per heavy atom. The summed E-state index contributed by atoms with van der Waals surface area (Å²) in [6.45, 7) is 1.38. The molecule has 1 saturated heterocycles. The van der Waals surface area contributed by atoms with Crippen LogP contribution in [-0.4, -0.2) is 33.7 Å². The summed E-state index contributed by atoms with van der Waals surface area (Å²) >= 11 is 0. The minimum atomic E-state index is -4.42. The highest BCUT2D eigenvalue weighted by Crippen LogP contribution is 2.31. The zero-order valence-corrected chi connectivity index (χ0v) is 12.8. The monoisotopic (exact) mass is 339 g/mol. The molecule has 24 heavy (non-hydrogen) atoms. The molecular formula is C16H16F3N3O2. The smallest absolute Gasteiger partial charge is 0.416 e. The summed E-state index contributed by atoms with van der Waals surface area (Å²) in [5.41, 5.74) is -0.463. The second-order valence-corrected chi connectivity index (χ2v) is 5.54. The fourth-order valence-electron chi connectivity index (χ4n) is 2.53. The van der Waals surface area contributed by atoms with E-state index in [4.69, 9.17) is 4.74 Å². The van der Waals surface area contributed by atoms with Crippen LogP contribution in [0.2, 0.25) is 0 Å². The molecule has 1 aromatic carbocycles. The van der Waals surface area contributed by atoms with Gasteiger partial charge in [0.25, 0.3) is 5.91 Å². The maximum atomic E-state index is 12.7. The number of benzene rings is 1. The summed E-state index contributed by atoms with van der Waals surface area (Å²) in [4.78, 5) is 13.9. The maximum Gasteiger partial charge on any atom is 0.416 e. The second kappa shape index (κ2) is 6.54. The summed E-state index contributed by atoms with van der Waals surface area (Å²) < 4.78 is 44.7. The molecule has 0 spiro atoms. The summed E-state index contributed by atoms with van der Waals surface area (Å²) in [5, 5.41) is 4.12. The largest absolute Gasteiger partial charge is 0.471 e. The van der Waals surface area contributed by atoms with Crippen molar-refractivity contribution in [3.63, 3.8) is 0 Å². The van der Waals surface area contributed by atoms with E-state index in [0.717, 1.165) is 38.1 Å². The predicted molar refractivity (Wildman–Crippen MR) is 79.4 cm³/mol. The number of aromatic nitrogens is 2. The highest BCUT2D eigenvalue weighted by atomic mass is 19.4. The third-order valence-electron chi connectivity index (χ3n) is 3.78. The van der Waals surface area contributed by atoms with Gasteiger partial charge in [-0.15, -0.1) is 0 Å². The van der Waals surface area contributed by atoms with Crippen molar-refractivity contribution in [1.29, 1.82) is 0 Å². The normalized spacial score (nSPS) is 14.9. The van der Waals surface area contributed by atoms with E-state index in [0.29, 0.717) is 5.69 Å². The first-order chi connectivity index (χ1) is 11.4. The van der Waals surface area contributed by atoms with Crippen LogP contribution in [0.4, 0.5) is 13.2 Å². The average molecular weight is 339 g/mol. The number of hydrogen-bond donors (Lipinski definition) is 0. The van der Waals surface area contributed by atoms with E-state index in [1.54, 1.807) is 17.2 Å². The Morgan fingerprint density at radius 1 is 1.21 bits per heavy atom. The molecule has 1 amide bonds. The van der Waals surface area contributed by atoms with Crippen molar-refractivity contribution in [2.24, 2.45) is 0 Å². The number of halogens is 3. The van der Waals surface area contributed by atoms with Crippen molar-refractivity contribution in [1.82, 2.24) is 14.7 Å². The number of nitrogens with zero attached hydrogens (tertiary/aromatic N) is 3.